The SMILES string of the molecule is Cc1oc(CNC(C)C)cc1Cn1ccnc1. The summed E-state index contributed by atoms with van der Waals surface area (Å²) in [7, 11) is 0. The molecule has 0 atom stereocenters. The molecule has 17 heavy (non-hydrogen) atoms. The highest BCUT2D eigenvalue weighted by molar-refractivity contribution is 5.21. The van der Waals surface area contributed by atoms with Crippen LogP contribution in [0.3, 0.4) is 0 Å². The number of imidazole rings is 1. The summed E-state index contributed by atoms with van der Waals surface area (Å²) in [5, 5.41) is 3.35. The molecule has 4 heteroatoms. The van der Waals surface area contributed by atoms with Crippen LogP contribution in [0.4, 0.5) is 0 Å². The molecule has 0 fully saturated rings. The number of aromatic nitrogens is 2. The normalized spacial score (nSPS) is 11.3. The van der Waals surface area contributed by atoms with E-state index in [4.69, 9.17) is 4.42 Å². The van der Waals surface area contributed by atoms with E-state index in [2.05, 4.69) is 30.2 Å². The number of hydrogen-bond acceptors (Lipinski definition) is 3. The predicted molar refractivity (Wildman–Crippen MR) is 66.7 cm³/mol. The van der Waals surface area contributed by atoms with E-state index < -0.39 is 0 Å². The van der Waals surface area contributed by atoms with Gasteiger partial charge >= 0.3 is 0 Å². The van der Waals surface area contributed by atoms with Gasteiger partial charge in [0.05, 0.1) is 19.4 Å². The lowest BCUT2D eigenvalue weighted by atomic mass is 10.2. The van der Waals surface area contributed by atoms with Gasteiger partial charge in [-0.3, -0.25) is 0 Å². The van der Waals surface area contributed by atoms with Crippen LogP contribution in [-0.4, -0.2) is 15.6 Å². The zero-order valence-electron chi connectivity index (χ0n) is 10.6. The highest BCUT2D eigenvalue weighted by atomic mass is 16.3. The van der Waals surface area contributed by atoms with Crippen molar-refractivity contribution < 1.29 is 4.42 Å². The zero-order valence-corrected chi connectivity index (χ0v) is 10.6. The third-order valence-electron chi connectivity index (χ3n) is 2.67. The van der Waals surface area contributed by atoms with Gasteiger partial charge in [0.15, 0.2) is 0 Å². The molecular weight excluding hydrogens is 214 g/mol. The van der Waals surface area contributed by atoms with Crippen LogP contribution >= 0.6 is 0 Å². The molecule has 2 aromatic heterocycles. The summed E-state index contributed by atoms with van der Waals surface area (Å²) in [6.07, 6.45) is 5.56. The summed E-state index contributed by atoms with van der Waals surface area (Å²) in [4.78, 5) is 4.03. The quantitative estimate of drug-likeness (QED) is 0.862. The van der Waals surface area contributed by atoms with E-state index in [0.717, 1.165) is 24.6 Å². The second-order valence-corrected chi connectivity index (χ2v) is 4.56. The molecule has 2 aromatic rings. The van der Waals surface area contributed by atoms with Gasteiger partial charge in [-0.05, 0) is 13.0 Å². The van der Waals surface area contributed by atoms with Crippen molar-refractivity contribution in [2.45, 2.75) is 39.9 Å². The Morgan fingerprint density at radius 3 is 2.94 bits per heavy atom. The summed E-state index contributed by atoms with van der Waals surface area (Å²) >= 11 is 0. The van der Waals surface area contributed by atoms with E-state index in [1.807, 2.05) is 24.0 Å². The van der Waals surface area contributed by atoms with E-state index >= 15 is 0 Å². The smallest absolute Gasteiger partial charge is 0.118 e. The van der Waals surface area contributed by atoms with Crippen LogP contribution in [0.1, 0.15) is 30.9 Å². The summed E-state index contributed by atoms with van der Waals surface area (Å²) < 4.78 is 7.76. The molecule has 0 bridgehead atoms. The zero-order chi connectivity index (χ0) is 12.3. The van der Waals surface area contributed by atoms with Crippen LogP contribution in [0.15, 0.2) is 29.2 Å². The third kappa shape index (κ3) is 3.20. The molecule has 2 rings (SSSR count). The van der Waals surface area contributed by atoms with Crippen LogP contribution in [-0.2, 0) is 13.1 Å². The first-order valence-electron chi connectivity index (χ1n) is 5.92. The molecule has 0 aromatic carbocycles. The lowest BCUT2D eigenvalue weighted by molar-refractivity contribution is 0.446. The number of nitrogens with one attached hydrogen (secondary N) is 1. The van der Waals surface area contributed by atoms with Crippen LogP contribution < -0.4 is 5.32 Å². The Balaban J connectivity index is 2.03. The maximum atomic E-state index is 5.72. The van der Waals surface area contributed by atoms with Gasteiger partial charge < -0.3 is 14.3 Å². The topological polar surface area (TPSA) is 43.0 Å². The van der Waals surface area contributed by atoms with Crippen molar-refractivity contribution in [2.75, 3.05) is 0 Å². The highest BCUT2D eigenvalue weighted by Crippen LogP contribution is 2.15. The largest absolute Gasteiger partial charge is 0.465 e. The molecule has 0 radical (unpaired) electrons. The van der Waals surface area contributed by atoms with Gasteiger partial charge in [-0.25, -0.2) is 4.98 Å². The van der Waals surface area contributed by atoms with Crippen molar-refractivity contribution in [3.63, 3.8) is 0 Å². The molecule has 0 aliphatic heterocycles. The molecule has 0 amide bonds. The fourth-order valence-corrected chi connectivity index (χ4v) is 1.71. The number of aryl methyl sites for hydroxylation is 1. The lowest BCUT2D eigenvalue weighted by Gasteiger charge is -2.04. The maximum absolute atomic E-state index is 5.72. The van der Waals surface area contributed by atoms with Crippen molar-refractivity contribution in [3.8, 4) is 0 Å². The minimum atomic E-state index is 0.470. The molecule has 0 spiro atoms. The molecule has 0 saturated heterocycles. The van der Waals surface area contributed by atoms with Crippen LogP contribution in [0.25, 0.3) is 0 Å². The van der Waals surface area contributed by atoms with E-state index in [1.54, 1.807) is 6.20 Å². The number of nitrogens with zero attached hydrogens (tertiary/aromatic N) is 2. The molecular formula is C13H19N3O. The Morgan fingerprint density at radius 2 is 2.29 bits per heavy atom. The van der Waals surface area contributed by atoms with Crippen LogP contribution in [0.5, 0.6) is 0 Å². The van der Waals surface area contributed by atoms with Gasteiger partial charge in [0, 0.05) is 24.0 Å². The number of hydrogen-bond donors (Lipinski definition) is 1. The molecule has 0 saturated carbocycles. The third-order valence-corrected chi connectivity index (χ3v) is 2.67. The molecule has 1 N–H and O–H groups in total. The fourth-order valence-electron chi connectivity index (χ4n) is 1.71. The molecule has 0 aliphatic carbocycles. The van der Waals surface area contributed by atoms with Gasteiger partial charge in [-0.1, -0.05) is 13.8 Å². The average molecular weight is 233 g/mol. The lowest BCUT2D eigenvalue weighted by Crippen LogP contribution is -2.21. The predicted octanol–water partition coefficient (Wildman–Crippen LogP) is 2.33. The van der Waals surface area contributed by atoms with Gasteiger partial charge in [0.2, 0.25) is 0 Å². The van der Waals surface area contributed by atoms with E-state index in [1.165, 1.54) is 5.56 Å². The fraction of sp³-hybridized carbons (Fsp3) is 0.462. The van der Waals surface area contributed by atoms with Crippen LogP contribution in [0.2, 0.25) is 0 Å². The van der Waals surface area contributed by atoms with Gasteiger partial charge in [0.25, 0.3) is 0 Å². The van der Waals surface area contributed by atoms with Crippen molar-refractivity contribution >= 4 is 0 Å². The Morgan fingerprint density at radius 1 is 1.47 bits per heavy atom. The Bertz CT molecular complexity index is 457. The summed E-state index contributed by atoms with van der Waals surface area (Å²) in [6, 6.07) is 2.59. The van der Waals surface area contributed by atoms with Crippen molar-refractivity contribution in [1.29, 1.82) is 0 Å². The molecule has 92 valence electrons. The molecule has 0 unspecified atom stereocenters. The summed E-state index contributed by atoms with van der Waals surface area (Å²) in [6.45, 7) is 7.86. The standard InChI is InChI=1S/C13H19N3O/c1-10(2)15-7-13-6-12(11(3)17-13)8-16-5-4-14-9-16/h4-6,9-10,15H,7-8H2,1-3H3. The number of furan rings is 1. The molecule has 2 heterocycles. The molecule has 0 aliphatic rings. The number of rotatable bonds is 5. The summed E-state index contributed by atoms with van der Waals surface area (Å²) in [5.74, 6) is 1.98. The van der Waals surface area contributed by atoms with Gasteiger partial charge in [-0.15, -0.1) is 0 Å². The van der Waals surface area contributed by atoms with E-state index in [9.17, 15) is 0 Å². The first-order valence-corrected chi connectivity index (χ1v) is 5.92. The van der Waals surface area contributed by atoms with Crippen molar-refractivity contribution in [2.24, 2.45) is 0 Å². The van der Waals surface area contributed by atoms with Gasteiger partial charge in [-0.2, -0.15) is 0 Å². The van der Waals surface area contributed by atoms with Crippen molar-refractivity contribution in [3.05, 3.63) is 41.9 Å². The first kappa shape index (κ1) is 11.9. The van der Waals surface area contributed by atoms with Crippen LogP contribution in [0, 0.1) is 6.92 Å². The Hall–Kier alpha value is -1.55. The second kappa shape index (κ2) is 5.19. The highest BCUT2D eigenvalue weighted by Gasteiger charge is 2.08. The second-order valence-electron chi connectivity index (χ2n) is 4.56. The van der Waals surface area contributed by atoms with E-state index in [-0.39, 0.29) is 0 Å². The Labute approximate surface area is 102 Å². The first-order chi connectivity index (χ1) is 8.15. The minimum absolute atomic E-state index is 0.470. The van der Waals surface area contributed by atoms with Gasteiger partial charge in [0.1, 0.15) is 11.5 Å². The Kier molecular flexibility index (Phi) is 3.64. The van der Waals surface area contributed by atoms with Crippen molar-refractivity contribution in [1.82, 2.24) is 14.9 Å². The monoisotopic (exact) mass is 233 g/mol. The molecule has 4 nitrogen and oxygen atoms in total. The van der Waals surface area contributed by atoms with E-state index in [0.29, 0.717) is 6.04 Å². The average Bonchev–Trinajstić information content (AvgIpc) is 2.87. The summed E-state index contributed by atoms with van der Waals surface area (Å²) in [5.41, 5.74) is 1.21. The minimum Gasteiger partial charge on any atom is -0.465 e. The maximum Gasteiger partial charge on any atom is 0.118 e.